The summed E-state index contributed by atoms with van der Waals surface area (Å²) in [6, 6.07) is 9.45. The Bertz CT molecular complexity index is 864. The van der Waals surface area contributed by atoms with Gasteiger partial charge in [0.15, 0.2) is 11.5 Å². The Morgan fingerprint density at radius 3 is 2.67 bits per heavy atom. The van der Waals surface area contributed by atoms with Crippen LogP contribution >= 0.6 is 0 Å². The maximum absolute atomic E-state index is 11.9. The van der Waals surface area contributed by atoms with Gasteiger partial charge in [-0.1, -0.05) is 18.2 Å². The predicted octanol–water partition coefficient (Wildman–Crippen LogP) is 3.94. The minimum absolute atomic E-state index is 0.0456. The number of hydrogen-bond acceptors (Lipinski definition) is 4. The lowest BCUT2D eigenvalue weighted by Gasteiger charge is -2.08. The lowest BCUT2D eigenvalue weighted by molar-refractivity contribution is 0.430. The molecule has 0 spiro atoms. The first kappa shape index (κ1) is 12.3. The summed E-state index contributed by atoms with van der Waals surface area (Å²) in [5.41, 5.74) is 1.17. The van der Waals surface area contributed by atoms with Gasteiger partial charge in [0, 0.05) is 10.9 Å². The Morgan fingerprint density at radius 2 is 1.95 bits per heavy atom. The zero-order chi connectivity index (χ0) is 14.6. The highest BCUT2D eigenvalue weighted by Crippen LogP contribution is 2.49. The minimum Gasteiger partial charge on any atom is -0.507 e. The molecule has 0 radical (unpaired) electrons. The first-order chi connectivity index (χ1) is 10.1. The first-order valence-electron chi connectivity index (χ1n) is 7.00. The standard InChI is InChI=1S/C17H14O4/c1-9-15(18)14(10-6-7-10)16(21-17(9)19)13-8-11-4-2-3-5-12(11)20-13/h2-5,8,10,18H,6-7H2,1H3. The molecule has 4 heteroatoms. The van der Waals surface area contributed by atoms with Gasteiger partial charge in [0.05, 0.1) is 5.56 Å². The van der Waals surface area contributed by atoms with Crippen LogP contribution in [0.25, 0.3) is 22.5 Å². The Kier molecular flexibility index (Phi) is 2.48. The van der Waals surface area contributed by atoms with E-state index in [2.05, 4.69) is 0 Å². The third-order valence-corrected chi connectivity index (χ3v) is 3.99. The van der Waals surface area contributed by atoms with Crippen LogP contribution in [0.1, 0.15) is 29.9 Å². The number of furan rings is 1. The molecule has 21 heavy (non-hydrogen) atoms. The van der Waals surface area contributed by atoms with Crippen molar-refractivity contribution >= 4 is 11.0 Å². The molecule has 1 aliphatic rings. The van der Waals surface area contributed by atoms with Crippen molar-refractivity contribution in [3.8, 4) is 17.3 Å². The average molecular weight is 282 g/mol. The third kappa shape index (κ3) is 1.87. The van der Waals surface area contributed by atoms with Crippen molar-refractivity contribution in [2.24, 2.45) is 0 Å². The fraction of sp³-hybridized carbons (Fsp3) is 0.235. The molecule has 0 amide bonds. The topological polar surface area (TPSA) is 63.6 Å². The summed E-state index contributed by atoms with van der Waals surface area (Å²) >= 11 is 0. The third-order valence-electron chi connectivity index (χ3n) is 3.99. The Balaban J connectivity index is 2.01. The molecule has 2 aromatic heterocycles. The highest BCUT2D eigenvalue weighted by atomic mass is 16.4. The molecule has 1 N–H and O–H groups in total. The van der Waals surface area contributed by atoms with Crippen LogP contribution in [0.5, 0.6) is 5.75 Å². The van der Waals surface area contributed by atoms with Crippen LogP contribution in [0.15, 0.2) is 44.0 Å². The summed E-state index contributed by atoms with van der Waals surface area (Å²) in [4.78, 5) is 11.9. The van der Waals surface area contributed by atoms with Crippen LogP contribution in [0.3, 0.4) is 0 Å². The van der Waals surface area contributed by atoms with Gasteiger partial charge in [-0.05, 0) is 37.8 Å². The van der Waals surface area contributed by atoms with Crippen molar-refractivity contribution in [3.63, 3.8) is 0 Å². The van der Waals surface area contributed by atoms with Crippen molar-refractivity contribution in [2.75, 3.05) is 0 Å². The second-order valence-electron chi connectivity index (χ2n) is 5.53. The highest BCUT2D eigenvalue weighted by molar-refractivity contribution is 5.82. The molecular weight excluding hydrogens is 268 g/mol. The van der Waals surface area contributed by atoms with Gasteiger partial charge in [-0.15, -0.1) is 0 Å². The van der Waals surface area contributed by atoms with E-state index in [1.165, 1.54) is 0 Å². The molecule has 0 unspecified atom stereocenters. The largest absolute Gasteiger partial charge is 0.507 e. The van der Waals surface area contributed by atoms with E-state index >= 15 is 0 Å². The summed E-state index contributed by atoms with van der Waals surface area (Å²) in [5, 5.41) is 11.2. The van der Waals surface area contributed by atoms with Crippen molar-refractivity contribution in [1.82, 2.24) is 0 Å². The van der Waals surface area contributed by atoms with Gasteiger partial charge in [-0.3, -0.25) is 0 Å². The zero-order valence-electron chi connectivity index (χ0n) is 11.6. The molecule has 1 fully saturated rings. The fourth-order valence-corrected chi connectivity index (χ4v) is 2.66. The average Bonchev–Trinajstić information content (AvgIpc) is 3.21. The van der Waals surface area contributed by atoms with Crippen molar-refractivity contribution in [3.05, 3.63) is 51.9 Å². The Labute approximate surface area is 120 Å². The van der Waals surface area contributed by atoms with E-state index < -0.39 is 5.63 Å². The molecule has 3 aromatic rings. The SMILES string of the molecule is Cc1c(O)c(C2CC2)c(-c2cc3ccccc3o2)oc1=O. The molecule has 0 aliphatic heterocycles. The first-order valence-corrected chi connectivity index (χ1v) is 7.00. The van der Waals surface area contributed by atoms with E-state index in [1.54, 1.807) is 6.92 Å². The Morgan fingerprint density at radius 1 is 1.19 bits per heavy atom. The second-order valence-corrected chi connectivity index (χ2v) is 5.53. The summed E-state index contributed by atoms with van der Waals surface area (Å²) < 4.78 is 11.2. The van der Waals surface area contributed by atoms with E-state index in [1.807, 2.05) is 30.3 Å². The van der Waals surface area contributed by atoms with Crippen molar-refractivity contribution in [2.45, 2.75) is 25.7 Å². The second kappa shape index (κ2) is 4.25. The van der Waals surface area contributed by atoms with Gasteiger partial charge in [0.2, 0.25) is 0 Å². The van der Waals surface area contributed by atoms with Crippen molar-refractivity contribution in [1.29, 1.82) is 0 Å². The normalized spacial score (nSPS) is 14.7. The van der Waals surface area contributed by atoms with E-state index in [0.29, 0.717) is 17.1 Å². The molecule has 0 bridgehead atoms. The number of rotatable bonds is 2. The summed E-state index contributed by atoms with van der Waals surface area (Å²) in [6.45, 7) is 1.58. The quantitative estimate of drug-likeness (QED) is 0.773. The molecule has 4 rings (SSSR count). The summed E-state index contributed by atoms with van der Waals surface area (Å²) in [6.07, 6.45) is 1.99. The molecule has 0 atom stereocenters. The number of benzene rings is 1. The van der Waals surface area contributed by atoms with Crippen LogP contribution < -0.4 is 5.63 Å². The molecule has 4 nitrogen and oxygen atoms in total. The van der Waals surface area contributed by atoms with E-state index in [4.69, 9.17) is 8.83 Å². The van der Waals surface area contributed by atoms with Gasteiger partial charge in [0.25, 0.3) is 0 Å². The van der Waals surface area contributed by atoms with E-state index in [9.17, 15) is 9.90 Å². The smallest absolute Gasteiger partial charge is 0.343 e. The highest BCUT2D eigenvalue weighted by Gasteiger charge is 2.33. The van der Waals surface area contributed by atoms with Gasteiger partial charge in [-0.2, -0.15) is 0 Å². The van der Waals surface area contributed by atoms with Crippen LogP contribution in [-0.2, 0) is 0 Å². The molecule has 1 aliphatic carbocycles. The summed E-state index contributed by atoms with van der Waals surface area (Å²) in [7, 11) is 0. The fourth-order valence-electron chi connectivity index (χ4n) is 2.66. The van der Waals surface area contributed by atoms with E-state index in [-0.39, 0.29) is 17.2 Å². The zero-order valence-corrected chi connectivity index (χ0v) is 11.6. The lowest BCUT2D eigenvalue weighted by atomic mass is 10.0. The lowest BCUT2D eigenvalue weighted by Crippen LogP contribution is -2.06. The predicted molar refractivity (Wildman–Crippen MR) is 78.6 cm³/mol. The van der Waals surface area contributed by atoms with Gasteiger partial charge < -0.3 is 13.9 Å². The van der Waals surface area contributed by atoms with Crippen LogP contribution in [0.2, 0.25) is 0 Å². The van der Waals surface area contributed by atoms with Crippen LogP contribution in [-0.4, -0.2) is 5.11 Å². The number of hydrogen-bond donors (Lipinski definition) is 1. The minimum atomic E-state index is -0.521. The maximum atomic E-state index is 11.9. The molecule has 0 saturated heterocycles. The number of para-hydroxylation sites is 1. The summed E-state index contributed by atoms with van der Waals surface area (Å²) in [5.74, 6) is 1.15. The number of fused-ring (bicyclic) bond motifs is 1. The molecule has 106 valence electrons. The maximum Gasteiger partial charge on any atom is 0.343 e. The van der Waals surface area contributed by atoms with Gasteiger partial charge >= 0.3 is 5.63 Å². The van der Waals surface area contributed by atoms with Gasteiger partial charge in [-0.25, -0.2) is 4.79 Å². The molecule has 1 saturated carbocycles. The molecule has 2 heterocycles. The monoisotopic (exact) mass is 282 g/mol. The van der Waals surface area contributed by atoms with Gasteiger partial charge in [0.1, 0.15) is 11.3 Å². The molecular formula is C17H14O4. The molecule has 1 aromatic carbocycles. The van der Waals surface area contributed by atoms with Crippen LogP contribution in [0.4, 0.5) is 0 Å². The number of aromatic hydroxyl groups is 1. The van der Waals surface area contributed by atoms with Crippen LogP contribution in [0, 0.1) is 6.92 Å². The van der Waals surface area contributed by atoms with Crippen molar-refractivity contribution < 1.29 is 13.9 Å². The van der Waals surface area contributed by atoms with E-state index in [0.717, 1.165) is 23.8 Å². The Hall–Kier alpha value is -2.49.